The number of thiophene rings is 1. The van der Waals surface area contributed by atoms with Crippen LogP contribution in [0.4, 0.5) is 0 Å². The predicted molar refractivity (Wildman–Crippen MR) is 218 cm³/mol. The molecule has 0 aliphatic carbocycles. The number of fused-ring (bicyclic) bond motifs is 12. The van der Waals surface area contributed by atoms with E-state index in [9.17, 15) is 0 Å². The Morgan fingerprint density at radius 3 is 1.54 bits per heavy atom. The third-order valence-corrected chi connectivity index (χ3v) is 12.3. The number of nitrogens with zero attached hydrogens (tertiary/aromatic N) is 1. The topological polar surface area (TPSA) is 4.93 Å². The lowest BCUT2D eigenvalue weighted by molar-refractivity contribution is 1.20. The van der Waals surface area contributed by atoms with Gasteiger partial charge in [-0.3, -0.25) is 0 Å². The maximum Gasteiger partial charge on any atom is 0.0640 e. The van der Waals surface area contributed by atoms with Crippen LogP contribution in [-0.4, -0.2) is 4.57 Å². The molecule has 0 aliphatic heterocycles. The van der Waals surface area contributed by atoms with E-state index in [1.807, 2.05) is 11.3 Å². The van der Waals surface area contributed by atoms with Crippen molar-refractivity contribution in [3.8, 4) is 16.8 Å². The highest BCUT2D eigenvalue weighted by atomic mass is 32.1. The third-order valence-electron chi connectivity index (χ3n) is 11.1. The van der Waals surface area contributed by atoms with Crippen molar-refractivity contribution in [3.05, 3.63) is 164 Å². The maximum atomic E-state index is 2.48. The summed E-state index contributed by atoms with van der Waals surface area (Å²) in [5, 5.41) is 18.5. The van der Waals surface area contributed by atoms with E-state index in [1.54, 1.807) is 0 Å². The predicted octanol–water partition coefficient (Wildman–Crippen LogP) is 14.0. The van der Waals surface area contributed by atoms with Gasteiger partial charge in [-0.2, -0.15) is 0 Å². The summed E-state index contributed by atoms with van der Waals surface area (Å²) in [6.07, 6.45) is 0. The van der Waals surface area contributed by atoms with Crippen LogP contribution in [0, 0.1) is 0 Å². The van der Waals surface area contributed by atoms with E-state index >= 15 is 0 Å². The second-order valence-electron chi connectivity index (χ2n) is 13.6. The summed E-state index contributed by atoms with van der Waals surface area (Å²) in [6.45, 7) is 0. The van der Waals surface area contributed by atoms with Gasteiger partial charge >= 0.3 is 0 Å². The first kappa shape index (κ1) is 26.7. The highest BCUT2D eigenvalue weighted by Gasteiger charge is 2.20. The molecule has 0 N–H and O–H groups in total. The van der Waals surface area contributed by atoms with Gasteiger partial charge < -0.3 is 4.57 Å². The van der Waals surface area contributed by atoms with Crippen molar-refractivity contribution in [2.24, 2.45) is 0 Å². The van der Waals surface area contributed by atoms with E-state index in [4.69, 9.17) is 0 Å². The molecule has 0 fully saturated rings. The van der Waals surface area contributed by atoms with Gasteiger partial charge in [-0.25, -0.2) is 0 Å². The van der Waals surface area contributed by atoms with Crippen LogP contribution in [0.3, 0.4) is 0 Å². The van der Waals surface area contributed by atoms with Gasteiger partial charge in [0.25, 0.3) is 0 Å². The van der Waals surface area contributed by atoms with Crippen LogP contribution in [0.2, 0.25) is 0 Å². The van der Waals surface area contributed by atoms with Crippen molar-refractivity contribution in [1.29, 1.82) is 0 Å². The maximum absolute atomic E-state index is 2.48. The summed E-state index contributed by atoms with van der Waals surface area (Å²) < 4.78 is 5.13. The first-order chi connectivity index (χ1) is 24.8. The number of benzene rings is 10. The van der Waals surface area contributed by atoms with Gasteiger partial charge in [0.2, 0.25) is 0 Å². The molecule has 1 nitrogen and oxygen atoms in total. The molecule has 0 unspecified atom stereocenters. The van der Waals surface area contributed by atoms with Crippen LogP contribution in [0.15, 0.2) is 164 Å². The Kier molecular flexibility index (Phi) is 5.18. The van der Waals surface area contributed by atoms with Gasteiger partial charge in [0.15, 0.2) is 0 Å². The van der Waals surface area contributed by atoms with E-state index in [0.717, 1.165) is 0 Å². The first-order valence-corrected chi connectivity index (χ1v) is 18.1. The van der Waals surface area contributed by atoms with Crippen molar-refractivity contribution < 1.29 is 0 Å². The molecular weight excluding hydrogens is 623 g/mol. The molecule has 0 bridgehead atoms. The van der Waals surface area contributed by atoms with Crippen molar-refractivity contribution >= 4 is 107 Å². The van der Waals surface area contributed by atoms with Gasteiger partial charge in [-0.1, -0.05) is 121 Å². The SMILES string of the molecule is c1ccc2c(c1)sc1c(-n3c4ccccc4c4cc(-c5cc6c7ccccc7c7cccc8c9ccccc9c(c5)c6c78)ccc43)cccc12. The second-order valence-corrected chi connectivity index (χ2v) is 14.7. The van der Waals surface area contributed by atoms with Gasteiger partial charge in [-0.05, 0) is 107 Å². The molecule has 12 rings (SSSR count). The average molecular weight is 650 g/mol. The minimum absolute atomic E-state index is 1.23. The van der Waals surface area contributed by atoms with E-state index in [-0.39, 0.29) is 0 Å². The standard InChI is InChI=1S/C48H27NS/c1-3-13-32-30(11-1)36-17-9-18-37-31-12-2-4-14-33(31)41-27-29(26-40(32)47(41)46(36)37)28-23-24-43-39(25-28)34-15-5-7-20-42(34)49(43)44-21-10-19-38-35-16-6-8-22-45(35)50-48(38)44/h1-27H. The Morgan fingerprint density at radius 1 is 0.320 bits per heavy atom. The van der Waals surface area contributed by atoms with Gasteiger partial charge in [-0.15, -0.1) is 11.3 Å². The minimum Gasteiger partial charge on any atom is -0.308 e. The minimum atomic E-state index is 1.23. The molecule has 2 heteroatoms. The fourth-order valence-electron chi connectivity index (χ4n) is 9.00. The zero-order valence-corrected chi connectivity index (χ0v) is 27.8. The molecule has 0 saturated carbocycles. The van der Waals surface area contributed by atoms with Crippen molar-refractivity contribution in [2.45, 2.75) is 0 Å². The molecule has 10 aromatic carbocycles. The molecule has 2 heterocycles. The molecule has 12 aromatic rings. The molecule has 50 heavy (non-hydrogen) atoms. The lowest BCUT2D eigenvalue weighted by Crippen LogP contribution is -1.94. The van der Waals surface area contributed by atoms with Gasteiger partial charge in [0.05, 0.1) is 21.4 Å². The average Bonchev–Trinajstić information content (AvgIpc) is 3.73. The fraction of sp³-hybridized carbons (Fsp3) is 0. The first-order valence-electron chi connectivity index (χ1n) is 17.3. The normalized spacial score (nSPS) is 12.4. The van der Waals surface area contributed by atoms with Gasteiger partial charge in [0.1, 0.15) is 0 Å². The lowest BCUT2D eigenvalue weighted by atomic mass is 9.84. The number of para-hydroxylation sites is 1. The van der Waals surface area contributed by atoms with E-state index in [2.05, 4.69) is 168 Å². The lowest BCUT2D eigenvalue weighted by Gasteiger charge is -2.19. The van der Waals surface area contributed by atoms with Crippen LogP contribution in [0.5, 0.6) is 0 Å². The summed E-state index contributed by atoms with van der Waals surface area (Å²) in [6, 6.07) is 61.2. The quantitative estimate of drug-likeness (QED) is 0.130. The Morgan fingerprint density at radius 2 is 0.820 bits per heavy atom. The molecule has 0 aliphatic rings. The highest BCUT2D eigenvalue weighted by Crippen LogP contribution is 2.47. The molecule has 2 aromatic heterocycles. The van der Waals surface area contributed by atoms with E-state index < -0.39 is 0 Å². The molecule has 0 radical (unpaired) electrons. The van der Waals surface area contributed by atoms with Crippen LogP contribution in [0.25, 0.3) is 113 Å². The van der Waals surface area contributed by atoms with Crippen molar-refractivity contribution in [3.63, 3.8) is 0 Å². The Balaban J connectivity index is 1.18. The molecule has 0 spiro atoms. The third kappa shape index (κ3) is 3.41. The summed E-state index contributed by atoms with van der Waals surface area (Å²) in [5.41, 5.74) is 6.19. The Labute approximate surface area is 291 Å². The smallest absolute Gasteiger partial charge is 0.0640 e. The van der Waals surface area contributed by atoms with Crippen molar-refractivity contribution in [1.82, 2.24) is 4.57 Å². The van der Waals surface area contributed by atoms with E-state index in [1.165, 1.54) is 113 Å². The van der Waals surface area contributed by atoms with Crippen LogP contribution >= 0.6 is 11.3 Å². The summed E-state index contributed by atoms with van der Waals surface area (Å²) in [7, 11) is 0. The van der Waals surface area contributed by atoms with Crippen LogP contribution < -0.4 is 0 Å². The Hall–Kier alpha value is -6.22. The Bertz CT molecular complexity index is 3270. The number of rotatable bonds is 2. The summed E-state index contributed by atoms with van der Waals surface area (Å²) in [4.78, 5) is 0. The molecule has 0 amide bonds. The zero-order chi connectivity index (χ0) is 32.5. The summed E-state index contributed by atoms with van der Waals surface area (Å²) >= 11 is 1.89. The number of hydrogen-bond acceptors (Lipinski definition) is 1. The number of aromatic nitrogens is 1. The largest absolute Gasteiger partial charge is 0.308 e. The van der Waals surface area contributed by atoms with E-state index in [0.29, 0.717) is 0 Å². The monoisotopic (exact) mass is 649 g/mol. The summed E-state index contributed by atoms with van der Waals surface area (Å²) in [5.74, 6) is 0. The van der Waals surface area contributed by atoms with Crippen LogP contribution in [0.1, 0.15) is 0 Å². The molecule has 230 valence electrons. The second kappa shape index (κ2) is 9.69. The zero-order valence-electron chi connectivity index (χ0n) is 26.9. The molecular formula is C48H27NS. The van der Waals surface area contributed by atoms with Crippen LogP contribution in [-0.2, 0) is 0 Å². The fourth-order valence-corrected chi connectivity index (χ4v) is 10.2. The van der Waals surface area contributed by atoms with Crippen molar-refractivity contribution in [2.75, 3.05) is 0 Å². The number of hydrogen-bond donors (Lipinski definition) is 0. The van der Waals surface area contributed by atoms with Gasteiger partial charge in [0, 0.05) is 26.2 Å². The molecule has 0 atom stereocenters. The molecule has 0 saturated heterocycles. The highest BCUT2D eigenvalue weighted by molar-refractivity contribution is 7.26.